The Kier molecular flexibility index (Phi) is 5.28. The van der Waals surface area contributed by atoms with Crippen LogP contribution in [0.5, 0.6) is 5.75 Å². The first-order valence-corrected chi connectivity index (χ1v) is 9.90. The van der Waals surface area contributed by atoms with E-state index in [9.17, 15) is 10.2 Å². The van der Waals surface area contributed by atoms with Gasteiger partial charge in [-0.2, -0.15) is 0 Å². The van der Waals surface area contributed by atoms with Gasteiger partial charge < -0.3 is 32.2 Å². The summed E-state index contributed by atoms with van der Waals surface area (Å²) in [5, 5.41) is 19.4. The summed E-state index contributed by atoms with van der Waals surface area (Å²) in [6.45, 7) is -0.225. The maximum absolute atomic E-state index is 9.71. The monoisotopic (exact) mass is 405 g/mol. The molecule has 0 bridgehead atoms. The first-order chi connectivity index (χ1) is 14.4. The molecular weight excluding hydrogens is 378 g/mol. The van der Waals surface area contributed by atoms with E-state index in [4.69, 9.17) is 21.9 Å². The van der Waals surface area contributed by atoms with Crippen LogP contribution in [0.1, 0.15) is 44.5 Å². The fourth-order valence-electron chi connectivity index (χ4n) is 4.26. The maximum atomic E-state index is 9.71. The number of anilines is 3. The molecule has 0 spiro atoms. The highest BCUT2D eigenvalue weighted by molar-refractivity contribution is 5.62. The first kappa shape index (κ1) is 20.1. The predicted octanol–water partition coefficient (Wildman–Crippen LogP) is 2.51. The van der Waals surface area contributed by atoms with Gasteiger partial charge in [0.05, 0.1) is 26.0 Å². The van der Waals surface area contributed by atoms with E-state index in [0.29, 0.717) is 53.2 Å². The van der Waals surface area contributed by atoms with Gasteiger partial charge in [-0.1, -0.05) is 12.1 Å². The highest BCUT2D eigenvalue weighted by Crippen LogP contribution is 2.35. The lowest BCUT2D eigenvalue weighted by Gasteiger charge is -2.15. The molecule has 0 saturated heterocycles. The summed E-state index contributed by atoms with van der Waals surface area (Å²) in [4.78, 5) is 0. The number of aliphatic hydroxyl groups excluding tert-OH is 2. The number of rotatable bonds is 3. The molecule has 0 heterocycles. The minimum atomic E-state index is -0.113. The van der Waals surface area contributed by atoms with Gasteiger partial charge in [-0.15, -0.1) is 0 Å². The average molecular weight is 405 g/mol. The van der Waals surface area contributed by atoms with Crippen LogP contribution >= 0.6 is 0 Å². The van der Waals surface area contributed by atoms with Gasteiger partial charge in [0.25, 0.3) is 0 Å². The lowest BCUT2D eigenvalue weighted by molar-refractivity contribution is 0.282. The Balaban J connectivity index is 1.98. The van der Waals surface area contributed by atoms with Gasteiger partial charge in [-0.05, 0) is 76.9 Å². The topological polar surface area (TPSA) is 128 Å². The Morgan fingerprint density at radius 1 is 0.633 bits per heavy atom. The van der Waals surface area contributed by atoms with Gasteiger partial charge in [0.15, 0.2) is 0 Å². The maximum Gasteiger partial charge on any atom is 0.142 e. The SMILES string of the molecule is COc1cc2c(cc1N)Cc1cc(CO)c(N)cc1Cc1cc(CO)c(N)cc1C2. The molecule has 0 aromatic heterocycles. The molecule has 0 radical (unpaired) electrons. The van der Waals surface area contributed by atoms with E-state index in [-0.39, 0.29) is 13.2 Å². The molecule has 0 fully saturated rings. The van der Waals surface area contributed by atoms with Crippen molar-refractivity contribution in [3.63, 3.8) is 0 Å². The van der Waals surface area contributed by atoms with Crippen LogP contribution in [-0.4, -0.2) is 17.3 Å². The third-order valence-electron chi connectivity index (χ3n) is 5.96. The smallest absolute Gasteiger partial charge is 0.142 e. The van der Waals surface area contributed by atoms with Crippen LogP contribution in [0.2, 0.25) is 0 Å². The fraction of sp³-hybridized carbons (Fsp3) is 0.250. The zero-order chi connectivity index (χ0) is 21.4. The molecule has 8 N–H and O–H groups in total. The fourth-order valence-corrected chi connectivity index (χ4v) is 4.26. The Morgan fingerprint density at radius 3 is 1.40 bits per heavy atom. The standard InChI is InChI=1S/C24H27N3O3/c1-30-24-10-18-4-16-8-22(26)19(11-28)5-13(16)2-15-7-21(25)20(12-29)6-14(15)3-17(18)9-23(24)27/h5-10,28-29H,2-4,11-12,25-27H2,1H3. The molecule has 0 saturated carbocycles. The van der Waals surface area contributed by atoms with Gasteiger partial charge in [-0.3, -0.25) is 0 Å². The van der Waals surface area contributed by atoms with Crippen molar-refractivity contribution in [1.29, 1.82) is 0 Å². The molecular formula is C24H27N3O3. The highest BCUT2D eigenvalue weighted by Gasteiger charge is 2.19. The van der Waals surface area contributed by atoms with Crippen LogP contribution in [0.15, 0.2) is 36.4 Å². The Morgan fingerprint density at radius 2 is 1.00 bits per heavy atom. The predicted molar refractivity (Wildman–Crippen MR) is 119 cm³/mol. The molecule has 3 aromatic carbocycles. The second-order valence-electron chi connectivity index (χ2n) is 7.85. The van der Waals surface area contributed by atoms with Crippen molar-refractivity contribution in [3.05, 3.63) is 80.9 Å². The summed E-state index contributed by atoms with van der Waals surface area (Å²) in [6.07, 6.45) is 2.00. The first-order valence-electron chi connectivity index (χ1n) is 9.90. The minimum Gasteiger partial charge on any atom is -0.495 e. The molecule has 0 unspecified atom stereocenters. The van der Waals surface area contributed by atoms with Crippen LogP contribution in [0.25, 0.3) is 0 Å². The van der Waals surface area contributed by atoms with Crippen LogP contribution in [0.3, 0.4) is 0 Å². The van der Waals surface area contributed by atoms with Gasteiger partial charge in [0, 0.05) is 22.5 Å². The van der Waals surface area contributed by atoms with E-state index in [1.54, 1.807) is 7.11 Å². The number of methoxy groups -OCH3 is 1. The second-order valence-corrected chi connectivity index (χ2v) is 7.85. The molecule has 3 aromatic rings. The summed E-state index contributed by atoms with van der Waals surface area (Å²) >= 11 is 0. The molecule has 4 rings (SSSR count). The largest absolute Gasteiger partial charge is 0.495 e. The van der Waals surface area contributed by atoms with Crippen molar-refractivity contribution in [2.24, 2.45) is 0 Å². The van der Waals surface area contributed by atoms with Crippen molar-refractivity contribution in [1.82, 2.24) is 0 Å². The van der Waals surface area contributed by atoms with Crippen LogP contribution in [-0.2, 0) is 32.5 Å². The van der Waals surface area contributed by atoms with Crippen molar-refractivity contribution in [2.75, 3.05) is 24.3 Å². The Bertz CT molecular complexity index is 984. The normalized spacial score (nSPS) is 12.8. The van der Waals surface area contributed by atoms with Gasteiger partial charge in [0.2, 0.25) is 0 Å². The molecule has 0 atom stereocenters. The number of nitrogen functional groups attached to an aromatic ring is 3. The van der Waals surface area contributed by atoms with Crippen LogP contribution < -0.4 is 21.9 Å². The highest BCUT2D eigenvalue weighted by atomic mass is 16.5. The van der Waals surface area contributed by atoms with E-state index in [1.165, 1.54) is 0 Å². The molecule has 156 valence electrons. The zero-order valence-corrected chi connectivity index (χ0v) is 17.0. The molecule has 30 heavy (non-hydrogen) atoms. The van der Waals surface area contributed by atoms with E-state index >= 15 is 0 Å². The van der Waals surface area contributed by atoms with Gasteiger partial charge >= 0.3 is 0 Å². The second kappa shape index (κ2) is 7.89. The van der Waals surface area contributed by atoms with Crippen molar-refractivity contribution >= 4 is 17.1 Å². The third kappa shape index (κ3) is 3.56. The van der Waals surface area contributed by atoms with E-state index in [2.05, 4.69) is 0 Å². The number of ether oxygens (including phenoxy) is 1. The molecule has 0 aliphatic heterocycles. The van der Waals surface area contributed by atoms with E-state index in [1.807, 2.05) is 36.4 Å². The molecule has 1 aliphatic rings. The molecule has 0 amide bonds. The van der Waals surface area contributed by atoms with Crippen molar-refractivity contribution in [3.8, 4) is 5.75 Å². The number of hydrogen-bond acceptors (Lipinski definition) is 6. The summed E-state index contributed by atoms with van der Waals surface area (Å²) in [5.74, 6) is 0.642. The lowest BCUT2D eigenvalue weighted by atomic mass is 9.91. The number of aliphatic hydroxyl groups is 2. The lowest BCUT2D eigenvalue weighted by Crippen LogP contribution is -2.05. The number of hydrogen-bond donors (Lipinski definition) is 5. The average Bonchev–Trinajstić information content (AvgIpc) is 2.78. The number of fused-ring (bicyclic) bond motifs is 3. The molecule has 6 heteroatoms. The van der Waals surface area contributed by atoms with Gasteiger partial charge in [-0.25, -0.2) is 0 Å². The van der Waals surface area contributed by atoms with E-state index < -0.39 is 0 Å². The minimum absolute atomic E-state index is 0.113. The van der Waals surface area contributed by atoms with E-state index in [0.717, 1.165) is 33.4 Å². The Hall–Kier alpha value is -3.22. The van der Waals surface area contributed by atoms with Crippen molar-refractivity contribution in [2.45, 2.75) is 32.5 Å². The summed E-state index contributed by atoms with van der Waals surface area (Å²) in [6, 6.07) is 11.8. The Labute approximate surface area is 175 Å². The summed E-state index contributed by atoms with van der Waals surface area (Å²) < 4.78 is 5.45. The number of nitrogens with two attached hydrogens (primary N) is 3. The molecule has 6 nitrogen and oxygen atoms in total. The van der Waals surface area contributed by atoms with Crippen LogP contribution in [0, 0.1) is 0 Å². The molecule has 1 aliphatic carbocycles. The van der Waals surface area contributed by atoms with Crippen molar-refractivity contribution < 1.29 is 14.9 Å². The zero-order valence-electron chi connectivity index (χ0n) is 17.0. The summed E-state index contributed by atoms with van der Waals surface area (Å²) in [5.41, 5.74) is 28.3. The summed E-state index contributed by atoms with van der Waals surface area (Å²) in [7, 11) is 1.61. The quantitative estimate of drug-likeness (QED) is 0.333. The van der Waals surface area contributed by atoms with Gasteiger partial charge in [0.1, 0.15) is 5.75 Å². The third-order valence-corrected chi connectivity index (χ3v) is 5.96. The number of benzene rings is 3. The van der Waals surface area contributed by atoms with Crippen LogP contribution in [0.4, 0.5) is 17.1 Å².